The normalized spacial score (nSPS) is 18.7. The zero-order chi connectivity index (χ0) is 38.6. The van der Waals surface area contributed by atoms with Crippen molar-refractivity contribution in [1.82, 2.24) is 20.5 Å². The van der Waals surface area contributed by atoms with Crippen LogP contribution in [0.15, 0.2) is 128 Å². The number of aliphatic hydroxyl groups excluding tert-OH is 1. The quantitative estimate of drug-likeness (QED) is 0.100. The molecule has 286 valence electrons. The molecule has 2 heterocycles. The van der Waals surface area contributed by atoms with Gasteiger partial charge in [-0.25, -0.2) is 9.59 Å². The van der Waals surface area contributed by atoms with Crippen molar-refractivity contribution in [2.75, 3.05) is 27.2 Å². The summed E-state index contributed by atoms with van der Waals surface area (Å²) in [6.07, 6.45) is 2.06. The minimum absolute atomic E-state index is 0.0138. The van der Waals surface area contributed by atoms with Crippen LogP contribution < -0.4 is 10.6 Å². The van der Waals surface area contributed by atoms with Gasteiger partial charge in [-0.3, -0.25) is 4.98 Å². The number of pyridine rings is 1. The highest BCUT2D eigenvalue weighted by atomic mass is 16.7. The molecule has 1 aliphatic heterocycles. The molecular weight excluding hydrogens is 693 g/mol. The minimum atomic E-state index is -0.825. The maximum atomic E-state index is 13.0. The molecule has 10 heteroatoms. The van der Waals surface area contributed by atoms with E-state index in [9.17, 15) is 14.7 Å². The number of likely N-dealkylation sites (N-methyl/N-ethyl adjacent to an activating group) is 1. The summed E-state index contributed by atoms with van der Waals surface area (Å²) in [5.74, 6) is -0.449. The van der Waals surface area contributed by atoms with Gasteiger partial charge in [0, 0.05) is 55.8 Å². The number of benzene rings is 4. The highest BCUT2D eigenvalue weighted by Gasteiger charge is 2.38. The number of rotatable bonds is 15. The summed E-state index contributed by atoms with van der Waals surface area (Å²) in [4.78, 5) is 32.3. The first-order valence-corrected chi connectivity index (χ1v) is 18.7. The van der Waals surface area contributed by atoms with Gasteiger partial charge in [-0.2, -0.15) is 0 Å². The summed E-state index contributed by atoms with van der Waals surface area (Å²) in [7, 11) is 3.43. The SMILES string of the molecule is COC(=O)[C@H](Cc1ccccc1)NC(=O)NCc1ccccc1-c1ccc([C@H]2O[C@@H](CN(C)CCc3ccccn3)[C@@H](C)[C@@H](c3ccc(CO)cc3)O2)cc1. The molecule has 5 aromatic rings. The van der Waals surface area contributed by atoms with Crippen LogP contribution in [0.3, 0.4) is 0 Å². The summed E-state index contributed by atoms with van der Waals surface area (Å²) in [5.41, 5.74) is 7.63. The molecule has 6 rings (SSSR count). The van der Waals surface area contributed by atoms with Crippen LogP contribution in [0.4, 0.5) is 4.79 Å². The molecule has 0 unspecified atom stereocenters. The third-order valence-electron chi connectivity index (χ3n) is 10.1. The van der Waals surface area contributed by atoms with Gasteiger partial charge in [0.25, 0.3) is 0 Å². The molecule has 1 aliphatic rings. The fourth-order valence-electron chi connectivity index (χ4n) is 6.92. The molecular formula is C45H50N4O6. The molecule has 55 heavy (non-hydrogen) atoms. The van der Waals surface area contributed by atoms with Gasteiger partial charge < -0.3 is 34.9 Å². The molecule has 0 bridgehead atoms. The number of carbonyl (C=O) groups excluding carboxylic acids is 2. The van der Waals surface area contributed by atoms with Gasteiger partial charge in [0.05, 0.1) is 25.9 Å². The van der Waals surface area contributed by atoms with Gasteiger partial charge >= 0.3 is 12.0 Å². The zero-order valence-corrected chi connectivity index (χ0v) is 31.6. The maximum Gasteiger partial charge on any atom is 0.328 e. The Balaban J connectivity index is 1.14. The van der Waals surface area contributed by atoms with Crippen LogP contribution in [0.25, 0.3) is 11.1 Å². The smallest absolute Gasteiger partial charge is 0.328 e. The summed E-state index contributed by atoms with van der Waals surface area (Å²) in [6.45, 7) is 3.97. The average Bonchev–Trinajstić information content (AvgIpc) is 3.23. The number of carbonyl (C=O) groups is 2. The summed E-state index contributed by atoms with van der Waals surface area (Å²) in [6, 6.07) is 38.2. The number of esters is 1. The van der Waals surface area contributed by atoms with E-state index >= 15 is 0 Å². The second-order valence-corrected chi connectivity index (χ2v) is 14.0. The highest BCUT2D eigenvalue weighted by molar-refractivity contribution is 5.84. The van der Waals surface area contributed by atoms with Gasteiger partial charge in [0.2, 0.25) is 0 Å². The number of nitrogens with one attached hydrogen (secondary N) is 2. The van der Waals surface area contributed by atoms with Crippen molar-refractivity contribution in [3.63, 3.8) is 0 Å². The van der Waals surface area contributed by atoms with Gasteiger partial charge in [-0.1, -0.05) is 116 Å². The first-order chi connectivity index (χ1) is 26.8. The first-order valence-electron chi connectivity index (χ1n) is 18.7. The number of methoxy groups -OCH3 is 1. The van der Waals surface area contributed by atoms with E-state index < -0.39 is 24.3 Å². The van der Waals surface area contributed by atoms with Crippen molar-refractivity contribution >= 4 is 12.0 Å². The Bertz CT molecular complexity index is 1960. The number of nitrogens with zero attached hydrogens (tertiary/aromatic N) is 2. The largest absolute Gasteiger partial charge is 0.467 e. The molecule has 4 aromatic carbocycles. The van der Waals surface area contributed by atoms with Crippen molar-refractivity contribution < 1.29 is 28.9 Å². The minimum Gasteiger partial charge on any atom is -0.467 e. The number of hydrogen-bond donors (Lipinski definition) is 3. The second kappa shape index (κ2) is 19.3. The predicted octanol–water partition coefficient (Wildman–Crippen LogP) is 6.79. The molecule has 0 saturated carbocycles. The lowest BCUT2D eigenvalue weighted by Crippen LogP contribution is -2.47. The first kappa shape index (κ1) is 39.3. The Labute approximate surface area is 323 Å². The van der Waals surface area contributed by atoms with E-state index in [-0.39, 0.29) is 31.3 Å². The lowest BCUT2D eigenvalue weighted by molar-refractivity contribution is -0.275. The average molecular weight is 743 g/mol. The van der Waals surface area contributed by atoms with Crippen LogP contribution in [0.5, 0.6) is 0 Å². The molecule has 0 aliphatic carbocycles. The lowest BCUT2D eigenvalue weighted by atomic mass is 9.90. The van der Waals surface area contributed by atoms with E-state index in [1.165, 1.54) is 7.11 Å². The van der Waals surface area contributed by atoms with Crippen LogP contribution in [0, 0.1) is 5.92 Å². The monoisotopic (exact) mass is 742 g/mol. The van der Waals surface area contributed by atoms with Crippen molar-refractivity contribution in [3.05, 3.63) is 161 Å². The van der Waals surface area contributed by atoms with E-state index in [4.69, 9.17) is 14.2 Å². The van der Waals surface area contributed by atoms with E-state index in [1.54, 1.807) is 0 Å². The van der Waals surface area contributed by atoms with Crippen molar-refractivity contribution in [1.29, 1.82) is 0 Å². The fourth-order valence-corrected chi connectivity index (χ4v) is 6.92. The Kier molecular flexibility index (Phi) is 13.8. The van der Waals surface area contributed by atoms with E-state index in [0.29, 0.717) is 6.42 Å². The highest BCUT2D eigenvalue weighted by Crippen LogP contribution is 2.42. The fraction of sp³-hybridized carbons (Fsp3) is 0.311. The standard InChI is InChI=1S/C45H50N4O6/c1-31-41(29-49(2)26-24-38-14-9-10-25-46-38)54-44(55-42(31)35-18-16-33(30-50)17-19-35)36-22-20-34(21-23-36)39-15-8-7-13-37(39)28-47-45(52)48-40(43(51)53-3)27-32-11-5-4-6-12-32/h4-23,25,31,40-42,44,50H,24,26-30H2,1-3H3,(H2,47,48,52)/t31-,40+,41+,42+,44+/m1/s1. The van der Waals surface area contributed by atoms with Crippen LogP contribution in [-0.2, 0) is 45.0 Å². The molecule has 1 saturated heterocycles. The lowest BCUT2D eigenvalue weighted by Gasteiger charge is -2.42. The maximum absolute atomic E-state index is 13.0. The Morgan fingerprint density at radius 2 is 1.56 bits per heavy atom. The van der Waals surface area contributed by atoms with Crippen LogP contribution in [-0.4, -0.2) is 66.4 Å². The zero-order valence-electron chi connectivity index (χ0n) is 31.6. The number of hydrogen-bond acceptors (Lipinski definition) is 8. The van der Waals surface area contributed by atoms with Crippen molar-refractivity contribution in [3.8, 4) is 11.1 Å². The van der Waals surface area contributed by atoms with E-state index in [0.717, 1.165) is 64.1 Å². The van der Waals surface area contributed by atoms with Crippen molar-refractivity contribution in [2.24, 2.45) is 5.92 Å². The molecule has 0 spiro atoms. The van der Waals surface area contributed by atoms with Crippen molar-refractivity contribution in [2.45, 2.75) is 57.5 Å². The Morgan fingerprint density at radius 3 is 2.27 bits per heavy atom. The number of amides is 2. The summed E-state index contributed by atoms with van der Waals surface area (Å²) < 4.78 is 18.4. The molecule has 3 N–H and O–H groups in total. The van der Waals surface area contributed by atoms with Gasteiger partial charge in [-0.05, 0) is 52.6 Å². The Hall–Kier alpha value is -5.39. The number of ether oxygens (including phenoxy) is 3. The van der Waals surface area contributed by atoms with Crippen LogP contribution in [0.1, 0.15) is 52.8 Å². The second-order valence-electron chi connectivity index (χ2n) is 14.0. The predicted molar refractivity (Wildman–Crippen MR) is 212 cm³/mol. The number of aromatic nitrogens is 1. The van der Waals surface area contributed by atoms with Gasteiger partial charge in [0.15, 0.2) is 6.29 Å². The third kappa shape index (κ3) is 10.6. The number of urea groups is 1. The molecule has 1 aromatic heterocycles. The van der Waals surface area contributed by atoms with Gasteiger partial charge in [0.1, 0.15) is 6.04 Å². The summed E-state index contributed by atoms with van der Waals surface area (Å²) in [5, 5.41) is 15.3. The van der Waals surface area contributed by atoms with Crippen LogP contribution >= 0.6 is 0 Å². The molecule has 1 fully saturated rings. The summed E-state index contributed by atoms with van der Waals surface area (Å²) >= 11 is 0. The molecule has 5 atom stereocenters. The topological polar surface area (TPSA) is 122 Å². The molecule has 2 amide bonds. The van der Waals surface area contributed by atoms with E-state index in [1.807, 2.05) is 121 Å². The number of aliphatic hydroxyl groups is 1. The third-order valence-corrected chi connectivity index (χ3v) is 10.1. The molecule has 10 nitrogen and oxygen atoms in total. The van der Waals surface area contributed by atoms with Gasteiger partial charge in [-0.15, -0.1) is 0 Å². The van der Waals surface area contributed by atoms with E-state index in [2.05, 4.69) is 40.6 Å². The Morgan fingerprint density at radius 1 is 0.855 bits per heavy atom. The van der Waals surface area contributed by atoms with Crippen LogP contribution in [0.2, 0.25) is 0 Å². The molecule has 0 radical (unpaired) electrons.